The molecule has 0 saturated carbocycles. The van der Waals surface area contributed by atoms with E-state index in [1.165, 1.54) is 0 Å². The Hall–Kier alpha value is -3.52. The Balaban J connectivity index is 1.33. The van der Waals surface area contributed by atoms with Crippen LogP contribution < -0.4 is 10.2 Å². The first-order chi connectivity index (χ1) is 15.6. The Morgan fingerprint density at radius 3 is 2.41 bits per heavy atom. The van der Waals surface area contributed by atoms with Gasteiger partial charge in [-0.2, -0.15) is 5.10 Å². The lowest BCUT2D eigenvalue weighted by atomic mass is 10.0. The molecular formula is C26H19IN2O3. The van der Waals surface area contributed by atoms with Gasteiger partial charge in [0.2, 0.25) is 5.91 Å². The van der Waals surface area contributed by atoms with E-state index in [-0.39, 0.29) is 12.3 Å². The topological polar surface area (TPSA) is 67.8 Å². The zero-order valence-electron chi connectivity index (χ0n) is 17.0. The maximum Gasteiger partial charge on any atom is 0.344 e. The average molecular weight is 534 g/mol. The summed E-state index contributed by atoms with van der Waals surface area (Å²) < 4.78 is 6.25. The molecule has 0 heterocycles. The van der Waals surface area contributed by atoms with Gasteiger partial charge in [-0.15, -0.1) is 0 Å². The minimum atomic E-state index is -0.405. The summed E-state index contributed by atoms with van der Waals surface area (Å²) in [5.41, 5.74) is 4.81. The average Bonchev–Trinajstić information content (AvgIpc) is 2.81. The Morgan fingerprint density at radius 1 is 0.875 bits per heavy atom. The van der Waals surface area contributed by atoms with Crippen molar-refractivity contribution in [3.05, 3.63) is 111 Å². The molecule has 4 aromatic carbocycles. The summed E-state index contributed by atoms with van der Waals surface area (Å²) in [6, 6.07) is 28.0. The SMILES string of the molecule is O=C(Cc1cccc2ccccc12)N/N=C/c1ccc(OC(=O)c2ccccc2I)cc1. The van der Waals surface area contributed by atoms with Crippen molar-refractivity contribution in [3.63, 3.8) is 0 Å². The monoisotopic (exact) mass is 534 g/mol. The molecule has 0 fully saturated rings. The number of carbonyl (C=O) groups is 2. The molecule has 0 aliphatic heterocycles. The van der Waals surface area contributed by atoms with Crippen LogP contribution in [0.5, 0.6) is 5.75 Å². The molecular weight excluding hydrogens is 515 g/mol. The number of hydrogen-bond acceptors (Lipinski definition) is 4. The quantitative estimate of drug-likeness (QED) is 0.119. The number of ether oxygens (including phenoxy) is 1. The van der Waals surface area contributed by atoms with Crippen LogP contribution in [-0.2, 0) is 11.2 Å². The summed E-state index contributed by atoms with van der Waals surface area (Å²) in [6.45, 7) is 0. The largest absolute Gasteiger partial charge is 0.423 e. The highest BCUT2D eigenvalue weighted by molar-refractivity contribution is 14.1. The van der Waals surface area contributed by atoms with E-state index in [9.17, 15) is 9.59 Å². The maximum absolute atomic E-state index is 12.3. The highest BCUT2D eigenvalue weighted by atomic mass is 127. The summed E-state index contributed by atoms with van der Waals surface area (Å²) in [5, 5.41) is 6.19. The van der Waals surface area contributed by atoms with E-state index in [4.69, 9.17) is 4.74 Å². The standard InChI is InChI=1S/C26H19IN2O3/c27-24-11-4-3-10-23(24)26(31)32-21-14-12-18(13-15-21)17-28-29-25(30)16-20-8-5-7-19-6-1-2-9-22(19)20/h1-15,17H,16H2,(H,29,30)/b28-17+. The zero-order valence-corrected chi connectivity index (χ0v) is 19.2. The van der Waals surface area contributed by atoms with Gasteiger partial charge in [0.25, 0.3) is 0 Å². The van der Waals surface area contributed by atoms with Crippen LogP contribution in [0.15, 0.2) is 96.1 Å². The molecule has 0 unspecified atom stereocenters. The van der Waals surface area contributed by atoms with Crippen molar-refractivity contribution in [3.8, 4) is 5.75 Å². The van der Waals surface area contributed by atoms with Gasteiger partial charge in [0.1, 0.15) is 5.75 Å². The molecule has 0 saturated heterocycles. The molecule has 0 radical (unpaired) electrons. The fraction of sp³-hybridized carbons (Fsp3) is 0.0385. The minimum Gasteiger partial charge on any atom is -0.423 e. The van der Waals surface area contributed by atoms with Crippen LogP contribution >= 0.6 is 22.6 Å². The number of fused-ring (bicyclic) bond motifs is 1. The van der Waals surface area contributed by atoms with Crippen molar-refractivity contribution in [2.45, 2.75) is 6.42 Å². The van der Waals surface area contributed by atoms with Gasteiger partial charge in [-0.3, -0.25) is 4.79 Å². The number of hydrogen-bond donors (Lipinski definition) is 1. The van der Waals surface area contributed by atoms with Crippen molar-refractivity contribution in [1.29, 1.82) is 0 Å². The molecule has 0 aliphatic carbocycles. The second-order valence-electron chi connectivity index (χ2n) is 7.05. The first-order valence-electron chi connectivity index (χ1n) is 9.95. The second-order valence-corrected chi connectivity index (χ2v) is 8.21. The van der Waals surface area contributed by atoms with Crippen LogP contribution in [0.25, 0.3) is 10.8 Å². The van der Waals surface area contributed by atoms with Crippen molar-refractivity contribution in [2.75, 3.05) is 0 Å². The van der Waals surface area contributed by atoms with Gasteiger partial charge in [0, 0.05) is 3.57 Å². The van der Waals surface area contributed by atoms with Crippen molar-refractivity contribution < 1.29 is 14.3 Å². The van der Waals surface area contributed by atoms with Crippen LogP contribution in [-0.4, -0.2) is 18.1 Å². The van der Waals surface area contributed by atoms with Crippen molar-refractivity contribution >= 4 is 51.5 Å². The third-order valence-corrected chi connectivity index (χ3v) is 5.76. The summed E-state index contributed by atoms with van der Waals surface area (Å²) in [4.78, 5) is 24.6. The van der Waals surface area contributed by atoms with Gasteiger partial charge in [0.15, 0.2) is 0 Å². The molecule has 158 valence electrons. The molecule has 1 N–H and O–H groups in total. The normalized spacial score (nSPS) is 10.9. The van der Waals surface area contributed by atoms with Crippen molar-refractivity contribution in [1.82, 2.24) is 5.43 Å². The molecule has 32 heavy (non-hydrogen) atoms. The third-order valence-electron chi connectivity index (χ3n) is 4.82. The molecule has 0 atom stereocenters. The van der Waals surface area contributed by atoms with E-state index in [0.29, 0.717) is 11.3 Å². The lowest BCUT2D eigenvalue weighted by Gasteiger charge is -2.06. The minimum absolute atomic E-state index is 0.194. The van der Waals surface area contributed by atoms with Crippen molar-refractivity contribution in [2.24, 2.45) is 5.10 Å². The number of benzene rings is 4. The summed E-state index contributed by atoms with van der Waals surface area (Å²) >= 11 is 2.10. The smallest absolute Gasteiger partial charge is 0.344 e. The van der Waals surface area contributed by atoms with Crippen LogP contribution in [0.1, 0.15) is 21.5 Å². The first kappa shape index (κ1) is 21.7. The highest BCUT2D eigenvalue weighted by Gasteiger charge is 2.11. The molecule has 0 aliphatic rings. The Kier molecular flexibility index (Phi) is 6.91. The Morgan fingerprint density at radius 2 is 1.59 bits per heavy atom. The molecule has 6 heteroatoms. The summed E-state index contributed by atoms with van der Waals surface area (Å²) in [7, 11) is 0. The fourth-order valence-electron chi connectivity index (χ4n) is 3.25. The lowest BCUT2D eigenvalue weighted by molar-refractivity contribution is -0.120. The van der Waals surface area contributed by atoms with Gasteiger partial charge in [0.05, 0.1) is 18.2 Å². The second kappa shape index (κ2) is 10.2. The maximum atomic E-state index is 12.3. The fourth-order valence-corrected chi connectivity index (χ4v) is 3.86. The molecule has 4 rings (SSSR count). The molecule has 0 aromatic heterocycles. The third kappa shape index (κ3) is 5.39. The van der Waals surface area contributed by atoms with E-state index in [1.54, 1.807) is 42.6 Å². The number of hydrazone groups is 1. The number of nitrogens with one attached hydrogen (secondary N) is 1. The predicted molar refractivity (Wildman–Crippen MR) is 134 cm³/mol. The number of nitrogens with zero attached hydrogens (tertiary/aromatic N) is 1. The molecule has 1 amide bonds. The number of rotatable bonds is 6. The number of carbonyl (C=O) groups excluding carboxylic acids is 2. The highest BCUT2D eigenvalue weighted by Crippen LogP contribution is 2.19. The summed E-state index contributed by atoms with van der Waals surface area (Å²) in [6.07, 6.45) is 1.79. The first-order valence-corrected chi connectivity index (χ1v) is 11.0. The van der Waals surface area contributed by atoms with Gasteiger partial charge < -0.3 is 4.74 Å². The number of esters is 1. The van der Waals surface area contributed by atoms with Gasteiger partial charge in [-0.25, -0.2) is 10.2 Å². The molecule has 0 bridgehead atoms. The van der Waals surface area contributed by atoms with Crippen LogP contribution in [0.3, 0.4) is 0 Å². The van der Waals surface area contributed by atoms with E-state index >= 15 is 0 Å². The van der Waals surface area contributed by atoms with E-state index in [0.717, 1.165) is 25.5 Å². The van der Waals surface area contributed by atoms with Gasteiger partial charge >= 0.3 is 5.97 Å². The zero-order chi connectivity index (χ0) is 22.3. The molecule has 5 nitrogen and oxygen atoms in total. The van der Waals surface area contributed by atoms with Gasteiger partial charge in [-0.1, -0.05) is 54.6 Å². The van der Waals surface area contributed by atoms with Crippen LogP contribution in [0.2, 0.25) is 0 Å². The number of halogens is 1. The van der Waals surface area contributed by atoms with Crippen LogP contribution in [0.4, 0.5) is 0 Å². The molecule has 0 spiro atoms. The van der Waals surface area contributed by atoms with Crippen LogP contribution in [0, 0.1) is 3.57 Å². The van der Waals surface area contributed by atoms with Gasteiger partial charge in [-0.05, 0) is 80.9 Å². The Labute approximate surface area is 199 Å². The Bertz CT molecular complexity index is 1290. The lowest BCUT2D eigenvalue weighted by Crippen LogP contribution is -2.19. The predicted octanol–water partition coefficient (Wildman–Crippen LogP) is 5.36. The van der Waals surface area contributed by atoms with E-state index in [1.807, 2.05) is 54.6 Å². The van der Waals surface area contributed by atoms with E-state index in [2.05, 4.69) is 33.1 Å². The molecule has 4 aromatic rings. The number of amides is 1. The van der Waals surface area contributed by atoms with E-state index < -0.39 is 5.97 Å². The summed E-state index contributed by atoms with van der Waals surface area (Å²) in [5.74, 6) is -0.162.